The molecule has 1 heterocycles. The Bertz CT molecular complexity index is 2310. The number of hydrogen-bond donors (Lipinski definition) is 8. The first-order chi connectivity index (χ1) is 24.5. The van der Waals surface area contributed by atoms with Gasteiger partial charge in [-0.05, 0) is 106 Å². The fraction of sp³-hybridized carbons (Fsp3) is 0.0952. The average Bonchev–Trinajstić information content (AvgIpc) is 3.60. The standard InChI is InChI=1S/C42H32O9/c43-26-6-2-22(3-7-26)40-38(24-13-28(45)17-29(46)14-24)33(34-19-32(49)20-36(50)41(34)40)11-21-1-10-37-35(12-21)39(25-15-30(47)18-31(48)16-25)42(51-37)23-4-8-27(44)9-5-23/h1-20,38-40,42-50H/b33-11+/t38-,39-,40+,42+/m0/s1. The minimum Gasteiger partial charge on any atom is -0.508 e. The first-order valence-electron chi connectivity index (χ1n) is 16.2. The summed E-state index contributed by atoms with van der Waals surface area (Å²) < 4.78 is 6.49. The second kappa shape index (κ2) is 12.0. The van der Waals surface area contributed by atoms with Crippen LogP contribution in [-0.4, -0.2) is 40.9 Å². The smallest absolute Gasteiger partial charge is 0.135 e. The summed E-state index contributed by atoms with van der Waals surface area (Å²) in [5.41, 5.74) is 5.94. The quantitative estimate of drug-likeness (QED) is 0.0897. The van der Waals surface area contributed by atoms with Crippen LogP contribution in [0.1, 0.15) is 68.4 Å². The average molecular weight is 681 g/mol. The predicted molar refractivity (Wildman–Crippen MR) is 190 cm³/mol. The molecule has 4 atom stereocenters. The third-order valence-corrected chi connectivity index (χ3v) is 9.72. The number of ether oxygens (including phenoxy) is 1. The molecule has 0 amide bonds. The van der Waals surface area contributed by atoms with Crippen molar-refractivity contribution in [1.82, 2.24) is 0 Å². The van der Waals surface area contributed by atoms with Gasteiger partial charge >= 0.3 is 0 Å². The highest BCUT2D eigenvalue weighted by atomic mass is 16.5. The maximum Gasteiger partial charge on any atom is 0.135 e. The summed E-state index contributed by atoms with van der Waals surface area (Å²) in [5, 5.41) is 84.2. The Balaban J connectivity index is 1.33. The molecule has 9 nitrogen and oxygen atoms in total. The summed E-state index contributed by atoms with van der Waals surface area (Å²) in [5.74, 6) is -1.66. The zero-order chi connectivity index (χ0) is 35.6. The van der Waals surface area contributed by atoms with Crippen LogP contribution < -0.4 is 4.74 Å². The second-order valence-corrected chi connectivity index (χ2v) is 13.0. The third kappa shape index (κ3) is 5.64. The van der Waals surface area contributed by atoms with Gasteiger partial charge in [-0.25, -0.2) is 0 Å². The zero-order valence-electron chi connectivity index (χ0n) is 26.8. The molecule has 51 heavy (non-hydrogen) atoms. The lowest BCUT2D eigenvalue weighted by atomic mass is 9.79. The monoisotopic (exact) mass is 680 g/mol. The lowest BCUT2D eigenvalue weighted by Crippen LogP contribution is -2.11. The molecule has 6 aromatic rings. The van der Waals surface area contributed by atoms with Gasteiger partial charge in [-0.2, -0.15) is 0 Å². The van der Waals surface area contributed by atoms with Crippen molar-refractivity contribution in [1.29, 1.82) is 0 Å². The number of fused-ring (bicyclic) bond motifs is 2. The Kier molecular flexibility index (Phi) is 7.41. The summed E-state index contributed by atoms with van der Waals surface area (Å²) in [6.45, 7) is 0. The highest BCUT2D eigenvalue weighted by Crippen LogP contribution is 2.59. The van der Waals surface area contributed by atoms with Gasteiger partial charge in [0.25, 0.3) is 0 Å². The van der Waals surface area contributed by atoms with Gasteiger partial charge in [0, 0.05) is 41.2 Å². The van der Waals surface area contributed by atoms with E-state index in [4.69, 9.17) is 4.74 Å². The normalized spacial score (nSPS) is 19.8. The van der Waals surface area contributed by atoms with E-state index in [0.717, 1.165) is 22.3 Å². The van der Waals surface area contributed by atoms with Gasteiger partial charge in [0.05, 0.1) is 5.92 Å². The molecular weight excluding hydrogens is 648 g/mol. The van der Waals surface area contributed by atoms with E-state index in [1.807, 2.05) is 24.3 Å². The van der Waals surface area contributed by atoms with Crippen LogP contribution in [0.2, 0.25) is 0 Å². The Labute approximate surface area is 292 Å². The number of rotatable bonds is 5. The minimum atomic E-state index is -0.580. The van der Waals surface area contributed by atoms with E-state index in [9.17, 15) is 40.9 Å². The number of benzene rings is 6. The van der Waals surface area contributed by atoms with Gasteiger partial charge in [-0.3, -0.25) is 0 Å². The predicted octanol–water partition coefficient (Wildman–Crippen LogP) is 8.07. The number of allylic oxidation sites excluding steroid dienone is 1. The fourth-order valence-electron chi connectivity index (χ4n) is 7.71. The van der Waals surface area contributed by atoms with Gasteiger partial charge in [0.15, 0.2) is 0 Å². The van der Waals surface area contributed by atoms with E-state index in [0.29, 0.717) is 33.6 Å². The Morgan fingerprint density at radius 2 is 0.961 bits per heavy atom. The van der Waals surface area contributed by atoms with Crippen molar-refractivity contribution < 1.29 is 45.6 Å². The first-order valence-corrected chi connectivity index (χ1v) is 16.2. The van der Waals surface area contributed by atoms with Crippen LogP contribution in [-0.2, 0) is 0 Å². The molecule has 254 valence electrons. The van der Waals surface area contributed by atoms with Crippen molar-refractivity contribution >= 4 is 11.6 Å². The van der Waals surface area contributed by atoms with Gasteiger partial charge in [0.1, 0.15) is 57.8 Å². The number of phenols is 8. The molecular formula is C42H32O9. The van der Waals surface area contributed by atoms with Gasteiger partial charge in [-0.1, -0.05) is 36.4 Å². The lowest BCUT2D eigenvalue weighted by molar-refractivity contribution is 0.222. The molecule has 9 heteroatoms. The molecule has 6 aromatic carbocycles. The summed E-state index contributed by atoms with van der Waals surface area (Å²) >= 11 is 0. The lowest BCUT2D eigenvalue weighted by Gasteiger charge is -2.24. The first kappa shape index (κ1) is 31.5. The maximum absolute atomic E-state index is 11.3. The Morgan fingerprint density at radius 3 is 1.55 bits per heavy atom. The molecule has 0 radical (unpaired) electrons. The maximum atomic E-state index is 11.3. The molecule has 8 N–H and O–H groups in total. The Morgan fingerprint density at radius 1 is 0.431 bits per heavy atom. The van der Waals surface area contributed by atoms with Crippen LogP contribution in [0.4, 0.5) is 0 Å². The highest BCUT2D eigenvalue weighted by Gasteiger charge is 2.42. The van der Waals surface area contributed by atoms with Crippen molar-refractivity contribution in [2.45, 2.75) is 23.9 Å². The fourth-order valence-corrected chi connectivity index (χ4v) is 7.71. The molecule has 0 spiro atoms. The zero-order valence-corrected chi connectivity index (χ0v) is 26.8. The van der Waals surface area contributed by atoms with Crippen LogP contribution in [0.5, 0.6) is 51.7 Å². The van der Waals surface area contributed by atoms with Crippen molar-refractivity contribution in [3.63, 3.8) is 0 Å². The van der Waals surface area contributed by atoms with Crippen LogP contribution in [0, 0.1) is 0 Å². The molecule has 0 aromatic heterocycles. The molecule has 2 aliphatic rings. The molecule has 0 saturated heterocycles. The van der Waals surface area contributed by atoms with Crippen LogP contribution in [0.15, 0.2) is 115 Å². The number of aromatic hydroxyl groups is 8. The van der Waals surface area contributed by atoms with Crippen molar-refractivity contribution in [2.24, 2.45) is 0 Å². The number of phenolic OH excluding ortho intramolecular Hbond substituents is 8. The van der Waals surface area contributed by atoms with E-state index >= 15 is 0 Å². The minimum absolute atomic E-state index is 0.0646. The summed E-state index contributed by atoms with van der Waals surface area (Å²) in [6.07, 6.45) is 1.36. The largest absolute Gasteiger partial charge is 0.508 e. The molecule has 0 unspecified atom stereocenters. The van der Waals surface area contributed by atoms with Crippen LogP contribution >= 0.6 is 0 Å². The van der Waals surface area contributed by atoms with E-state index in [-0.39, 0.29) is 46.0 Å². The van der Waals surface area contributed by atoms with Gasteiger partial charge in [-0.15, -0.1) is 0 Å². The van der Waals surface area contributed by atoms with Crippen LogP contribution in [0.3, 0.4) is 0 Å². The van der Waals surface area contributed by atoms with E-state index in [1.54, 1.807) is 78.9 Å². The molecule has 1 aliphatic carbocycles. The highest BCUT2D eigenvalue weighted by molar-refractivity contribution is 5.93. The Hall–Kier alpha value is -6.74. The molecule has 0 bridgehead atoms. The second-order valence-electron chi connectivity index (χ2n) is 13.0. The van der Waals surface area contributed by atoms with Gasteiger partial charge in [0.2, 0.25) is 0 Å². The van der Waals surface area contributed by atoms with Gasteiger partial charge < -0.3 is 45.6 Å². The SMILES string of the molecule is Oc1ccc([C@H]2c3c(O)cc(O)cc3/C(=C\c3ccc4c(c3)[C@H](c3cc(O)cc(O)c3)[C@@H](c3ccc(O)cc3)O4)[C@@H]2c2cc(O)cc(O)c2)cc1. The number of hydrogen-bond acceptors (Lipinski definition) is 9. The topological polar surface area (TPSA) is 171 Å². The molecule has 1 aliphatic heterocycles. The van der Waals surface area contributed by atoms with E-state index in [2.05, 4.69) is 0 Å². The summed E-state index contributed by atoms with van der Waals surface area (Å²) in [4.78, 5) is 0. The summed E-state index contributed by atoms with van der Waals surface area (Å²) in [7, 11) is 0. The summed E-state index contributed by atoms with van der Waals surface area (Å²) in [6, 6.07) is 30.5. The van der Waals surface area contributed by atoms with Crippen molar-refractivity contribution in [2.75, 3.05) is 0 Å². The molecule has 8 rings (SSSR count). The molecule has 0 fully saturated rings. The van der Waals surface area contributed by atoms with Crippen LogP contribution in [0.25, 0.3) is 11.6 Å². The van der Waals surface area contributed by atoms with E-state index < -0.39 is 23.9 Å². The van der Waals surface area contributed by atoms with E-state index in [1.165, 1.54) is 18.2 Å². The van der Waals surface area contributed by atoms with Crippen molar-refractivity contribution in [3.8, 4) is 51.7 Å². The molecule has 0 saturated carbocycles. The third-order valence-electron chi connectivity index (χ3n) is 9.72. The van der Waals surface area contributed by atoms with Crippen molar-refractivity contribution in [3.05, 3.63) is 160 Å².